The summed E-state index contributed by atoms with van der Waals surface area (Å²) in [5, 5.41) is 8.72. The summed E-state index contributed by atoms with van der Waals surface area (Å²) in [4.78, 5) is 10.6. The monoisotopic (exact) mass is 230 g/mol. The highest BCUT2D eigenvalue weighted by Gasteiger charge is 2.29. The minimum atomic E-state index is -1.17. The molecule has 0 aromatic heterocycles. The van der Waals surface area contributed by atoms with E-state index in [0.29, 0.717) is 5.57 Å². The summed E-state index contributed by atoms with van der Waals surface area (Å²) in [5.74, 6) is -0.791. The van der Waals surface area contributed by atoms with E-state index in [0.717, 1.165) is 12.7 Å². The molecule has 1 saturated heterocycles. The number of aliphatic carboxylic acids is 1. The van der Waals surface area contributed by atoms with Crippen LogP contribution in [0.5, 0.6) is 0 Å². The van der Waals surface area contributed by atoms with Gasteiger partial charge in [0.1, 0.15) is 0 Å². The largest absolute Gasteiger partial charge is 0.478 e. The number of rotatable bonds is 3. The average Bonchev–Trinajstić information content (AvgIpc) is 2.15. The maximum atomic E-state index is 10.6. The molecule has 0 radical (unpaired) electrons. The van der Waals surface area contributed by atoms with Crippen LogP contribution in [0.25, 0.3) is 0 Å². The quantitative estimate of drug-likeness (QED) is 0.583. The Balaban J connectivity index is 2.50. The van der Waals surface area contributed by atoms with Crippen LogP contribution in [0.1, 0.15) is 13.3 Å². The van der Waals surface area contributed by atoms with Crippen LogP contribution in [0.15, 0.2) is 11.6 Å². The van der Waals surface area contributed by atoms with Gasteiger partial charge in [0.15, 0.2) is 9.28 Å². The van der Waals surface area contributed by atoms with Gasteiger partial charge in [-0.2, -0.15) is 0 Å². The predicted octanol–water partition coefficient (Wildman–Crippen LogP) is 1.10. The summed E-state index contributed by atoms with van der Waals surface area (Å²) in [5.41, 5.74) is 0.485. The van der Waals surface area contributed by atoms with Crippen molar-refractivity contribution in [1.82, 2.24) is 0 Å². The summed E-state index contributed by atoms with van der Waals surface area (Å²) < 4.78 is 5.60. The highest BCUT2D eigenvalue weighted by atomic mass is 29.2. The topological polar surface area (TPSA) is 46.5 Å². The molecular formula is C9H18O3Si2. The van der Waals surface area contributed by atoms with Crippen LogP contribution in [-0.4, -0.2) is 34.6 Å². The Hall–Kier alpha value is -0.396. The lowest BCUT2D eigenvalue weighted by Gasteiger charge is -2.29. The summed E-state index contributed by atoms with van der Waals surface area (Å²) in [6, 6.07) is 2.32. The molecule has 0 amide bonds. The first-order valence-corrected chi connectivity index (χ1v) is 10.8. The van der Waals surface area contributed by atoms with Crippen molar-refractivity contribution in [2.75, 3.05) is 6.61 Å². The van der Waals surface area contributed by atoms with Gasteiger partial charge in [0.25, 0.3) is 0 Å². The van der Waals surface area contributed by atoms with Crippen molar-refractivity contribution in [3.05, 3.63) is 11.6 Å². The summed E-state index contributed by atoms with van der Waals surface area (Å²) >= 11 is 0. The Morgan fingerprint density at radius 1 is 1.71 bits per heavy atom. The van der Waals surface area contributed by atoms with Crippen LogP contribution in [0, 0.1) is 0 Å². The molecule has 14 heavy (non-hydrogen) atoms. The molecule has 0 aromatic carbocycles. The summed E-state index contributed by atoms with van der Waals surface area (Å²) in [6.07, 6.45) is 3.08. The number of carboxylic acid groups (broad SMARTS) is 1. The van der Waals surface area contributed by atoms with E-state index in [1.165, 1.54) is 12.5 Å². The van der Waals surface area contributed by atoms with Crippen molar-refractivity contribution in [2.45, 2.75) is 32.0 Å². The molecule has 0 aromatic rings. The zero-order chi connectivity index (χ0) is 10.6. The molecule has 1 aliphatic heterocycles. The number of carboxylic acids is 1. The maximum absolute atomic E-state index is 10.6. The van der Waals surface area contributed by atoms with E-state index in [2.05, 4.69) is 6.55 Å². The van der Waals surface area contributed by atoms with Gasteiger partial charge in [-0.25, -0.2) is 4.79 Å². The summed E-state index contributed by atoms with van der Waals surface area (Å²) in [7, 11) is -1.51. The number of carbonyl (C=O) groups is 1. The first-order chi connectivity index (χ1) is 6.53. The van der Waals surface area contributed by atoms with Crippen LogP contribution in [0.2, 0.25) is 18.6 Å². The van der Waals surface area contributed by atoms with Gasteiger partial charge in [0.05, 0.1) is 7.59 Å². The Bertz CT molecular complexity index is 244. The molecule has 1 rings (SSSR count). The van der Waals surface area contributed by atoms with E-state index in [9.17, 15) is 4.79 Å². The first kappa shape index (κ1) is 11.7. The predicted molar refractivity (Wildman–Crippen MR) is 61.7 cm³/mol. The van der Waals surface area contributed by atoms with Gasteiger partial charge in [0, 0.05) is 12.2 Å². The molecule has 80 valence electrons. The molecule has 1 heterocycles. The molecular weight excluding hydrogens is 212 g/mol. The van der Waals surface area contributed by atoms with Gasteiger partial charge in [-0.1, -0.05) is 18.7 Å². The second-order valence-electron chi connectivity index (χ2n) is 4.36. The molecule has 1 N–H and O–H groups in total. The smallest absolute Gasteiger partial charge is 0.330 e. The molecule has 3 nitrogen and oxygen atoms in total. The minimum Gasteiger partial charge on any atom is -0.478 e. The first-order valence-electron chi connectivity index (χ1n) is 5.01. The average molecular weight is 230 g/mol. The Morgan fingerprint density at radius 2 is 2.43 bits per heavy atom. The van der Waals surface area contributed by atoms with Crippen molar-refractivity contribution in [1.29, 1.82) is 0 Å². The van der Waals surface area contributed by atoms with Crippen molar-refractivity contribution in [2.24, 2.45) is 0 Å². The standard InChI is InChI=1S/C9H18O3Si2/c1-8(9(10)11)4-7-14(2)6-3-5-12-13-14/h4H,3,5-7,13H2,1-2H3,(H,10,11). The van der Waals surface area contributed by atoms with Crippen molar-refractivity contribution < 1.29 is 14.3 Å². The minimum absolute atomic E-state index is 0.340. The van der Waals surface area contributed by atoms with Gasteiger partial charge >= 0.3 is 5.97 Å². The normalized spacial score (nSPS) is 30.6. The van der Waals surface area contributed by atoms with Gasteiger partial charge in [0.2, 0.25) is 0 Å². The zero-order valence-electron chi connectivity index (χ0n) is 8.88. The van der Waals surface area contributed by atoms with E-state index in [1.807, 2.05) is 6.08 Å². The second kappa shape index (κ2) is 4.90. The highest BCUT2D eigenvalue weighted by molar-refractivity contribution is 7.22. The van der Waals surface area contributed by atoms with Crippen molar-refractivity contribution >= 4 is 22.8 Å². The molecule has 1 aliphatic rings. The third kappa shape index (κ3) is 3.40. The molecule has 0 aliphatic carbocycles. The Kier molecular flexibility index (Phi) is 4.09. The molecule has 0 bridgehead atoms. The number of hydrogen-bond donors (Lipinski definition) is 1. The fourth-order valence-corrected chi connectivity index (χ4v) is 8.62. The maximum Gasteiger partial charge on any atom is 0.330 e. The van der Waals surface area contributed by atoms with E-state index >= 15 is 0 Å². The van der Waals surface area contributed by atoms with Gasteiger partial charge in [-0.05, 0) is 19.4 Å². The fraction of sp³-hybridized carbons (Fsp3) is 0.667. The third-order valence-electron chi connectivity index (χ3n) is 2.76. The SMILES string of the molecule is CC(=CC[Si]1(C)CCCO[SiH2]1)C(=O)O. The number of hydrogen-bond acceptors (Lipinski definition) is 2. The third-order valence-corrected chi connectivity index (χ3v) is 11.3. The summed E-state index contributed by atoms with van der Waals surface area (Å²) in [6.45, 7) is 4.96. The molecule has 1 unspecified atom stereocenters. The van der Waals surface area contributed by atoms with Crippen LogP contribution in [0.3, 0.4) is 0 Å². The lowest BCUT2D eigenvalue weighted by molar-refractivity contribution is -0.132. The van der Waals surface area contributed by atoms with E-state index in [-0.39, 0.29) is 9.28 Å². The lowest BCUT2D eigenvalue weighted by Crippen LogP contribution is -2.43. The molecule has 0 spiro atoms. The van der Waals surface area contributed by atoms with Crippen molar-refractivity contribution in [3.8, 4) is 0 Å². The second-order valence-corrected chi connectivity index (χ2v) is 15.6. The zero-order valence-corrected chi connectivity index (χ0v) is 11.3. The van der Waals surface area contributed by atoms with Crippen molar-refractivity contribution in [3.63, 3.8) is 0 Å². The van der Waals surface area contributed by atoms with Crippen LogP contribution in [0.4, 0.5) is 0 Å². The molecule has 0 saturated carbocycles. The fourth-order valence-electron chi connectivity index (χ4n) is 1.64. The van der Waals surface area contributed by atoms with E-state index < -0.39 is 13.6 Å². The Labute approximate surface area is 87.9 Å². The Morgan fingerprint density at radius 3 is 2.93 bits per heavy atom. The van der Waals surface area contributed by atoms with Crippen LogP contribution < -0.4 is 0 Å². The highest BCUT2D eigenvalue weighted by Crippen LogP contribution is 2.22. The lowest BCUT2D eigenvalue weighted by atomic mass is 10.3. The molecule has 1 atom stereocenters. The van der Waals surface area contributed by atoms with Crippen LogP contribution in [-0.2, 0) is 9.22 Å². The van der Waals surface area contributed by atoms with Gasteiger partial charge in [-0.3, -0.25) is 0 Å². The molecule has 5 heteroatoms. The van der Waals surface area contributed by atoms with Crippen LogP contribution >= 0.6 is 0 Å². The van der Waals surface area contributed by atoms with E-state index in [4.69, 9.17) is 9.53 Å². The van der Waals surface area contributed by atoms with Gasteiger partial charge < -0.3 is 9.53 Å². The number of allylic oxidation sites excluding steroid dienone is 1. The van der Waals surface area contributed by atoms with Gasteiger partial charge in [-0.15, -0.1) is 0 Å². The molecule has 1 fully saturated rings. The van der Waals surface area contributed by atoms with E-state index in [1.54, 1.807) is 6.92 Å².